The topological polar surface area (TPSA) is 188 Å². The summed E-state index contributed by atoms with van der Waals surface area (Å²) in [5, 5.41) is 50.6. The van der Waals surface area contributed by atoms with E-state index < -0.39 is 32.9 Å². The first-order chi connectivity index (χ1) is 39.2. The summed E-state index contributed by atoms with van der Waals surface area (Å²) in [5.74, 6) is -0.816. The third-order valence-corrected chi connectivity index (χ3v) is 23.9. The van der Waals surface area contributed by atoms with Gasteiger partial charge in [-0.25, -0.2) is 0 Å². The summed E-state index contributed by atoms with van der Waals surface area (Å²) in [7, 11) is -4.42. The van der Waals surface area contributed by atoms with Crippen molar-refractivity contribution in [2.45, 2.75) is 215 Å². The fourth-order valence-electron chi connectivity index (χ4n) is 10.7. The second-order valence-corrected chi connectivity index (χ2v) is 48.6. The summed E-state index contributed by atoms with van der Waals surface area (Å²) >= 11 is 0. The molecule has 0 aliphatic carbocycles. The first-order valence-corrected chi connectivity index (χ1v) is 44.8. The number of aryl methyl sites for hydroxylation is 12. The van der Waals surface area contributed by atoms with Crippen LogP contribution < -0.4 is 20.4 Å². The van der Waals surface area contributed by atoms with Gasteiger partial charge in [0.1, 0.15) is 0 Å². The Morgan fingerprint density at radius 2 is 0.489 bits per heavy atom. The van der Waals surface area contributed by atoms with E-state index in [0.717, 1.165) is 93.2 Å². The molecular formula is C70H116La2N6O6Si4. The zero-order chi connectivity index (χ0) is 66.3. The summed E-state index contributed by atoms with van der Waals surface area (Å²) in [6.07, 6.45) is 5.11. The number of ether oxygens (including phenoxy) is 2. The van der Waals surface area contributed by atoms with Crippen molar-refractivity contribution in [3.05, 3.63) is 147 Å². The third kappa shape index (κ3) is 37.5. The number of rotatable bonds is 16. The average Bonchev–Trinajstić information content (AvgIpc) is 4.10. The Morgan fingerprint density at radius 1 is 0.341 bits per heavy atom. The minimum atomic E-state index is -1.11. The van der Waals surface area contributed by atoms with Crippen molar-refractivity contribution in [3.63, 3.8) is 0 Å². The molecule has 18 heteroatoms. The van der Waals surface area contributed by atoms with Gasteiger partial charge in [-0.05, 0) is 199 Å². The van der Waals surface area contributed by atoms with Crippen molar-refractivity contribution in [1.29, 1.82) is 0 Å². The first-order valence-electron chi connectivity index (χ1n) is 31.1. The molecule has 0 atom stereocenters. The van der Waals surface area contributed by atoms with E-state index in [2.05, 4.69) is 98.5 Å². The molecule has 0 radical (unpaired) electrons. The van der Waals surface area contributed by atoms with E-state index in [-0.39, 0.29) is 106 Å². The van der Waals surface area contributed by atoms with Crippen LogP contribution in [0.2, 0.25) is 78.6 Å². The largest absolute Gasteiger partial charge is 3.00 e. The van der Waals surface area contributed by atoms with Crippen molar-refractivity contribution in [2.75, 3.05) is 52.6 Å². The van der Waals surface area contributed by atoms with Crippen LogP contribution in [-0.2, 0) is 9.47 Å². The molecule has 0 amide bonds. The van der Waals surface area contributed by atoms with E-state index in [1.54, 1.807) is 0 Å². The van der Waals surface area contributed by atoms with Gasteiger partial charge in [0.15, 0.2) is 0 Å². The molecule has 0 N–H and O–H groups in total. The smallest absolute Gasteiger partial charge is 0.858 e. The first kappa shape index (κ1) is 87.9. The Labute approximate surface area is 597 Å². The molecule has 2 saturated heterocycles. The maximum Gasteiger partial charge on any atom is 3.00 e. The Bertz CT molecular complexity index is 2430. The Morgan fingerprint density at radius 3 is 0.591 bits per heavy atom. The monoisotopic (exact) mass is 1530 g/mol. The average molecular weight is 1530 g/mol. The normalized spacial score (nSPS) is 14.2. The Hall–Kier alpha value is -2.14. The number of aliphatic imine (C=N–C) groups is 4. The van der Waals surface area contributed by atoms with Gasteiger partial charge in [-0.15, -0.1) is 0 Å². The molecule has 6 rings (SSSR count). The Kier molecular flexibility index (Phi) is 40.1. The second-order valence-electron chi connectivity index (χ2n) is 29.5. The van der Waals surface area contributed by atoms with E-state index in [0.29, 0.717) is 48.4 Å². The molecule has 88 heavy (non-hydrogen) atoms. The fraction of sp³-hybridized carbons (Fsp3) is 0.600. The minimum absolute atomic E-state index is 0. The van der Waals surface area contributed by atoms with E-state index in [1.165, 1.54) is 25.7 Å². The van der Waals surface area contributed by atoms with Crippen molar-refractivity contribution >= 4 is 56.5 Å². The zero-order valence-corrected chi connectivity index (χ0v) is 71.6. The molecule has 4 aromatic carbocycles. The van der Waals surface area contributed by atoms with E-state index in [9.17, 15) is 20.4 Å². The molecule has 0 saturated carbocycles. The van der Waals surface area contributed by atoms with Crippen LogP contribution in [0, 0.1) is 165 Å². The number of benzene rings is 4. The van der Waals surface area contributed by atoms with Crippen LogP contribution in [0.3, 0.4) is 0 Å². The molecule has 4 aromatic rings. The molecule has 2 aliphatic rings. The standard InChI is InChI=1S/2C25H34N2O2.2C6H18NSi2.2C4H8O.2La/c2*1-15-9-17(3)21(18(4)10-15)23(28)26-13-25(7,8)14-27-24(29)22-19(5)11-16(2)12-20(22)6;2*1-8(2,3)7-9(4,5)6;2*1-2-4-5-3-1;;/h2*9-12H,13-14H2,1-8H3,(H,26,28)(H,27,29);2*1-6H3;2*1-4H2;;/q;;2*-1;;;2*+3/p-4. The van der Waals surface area contributed by atoms with Crippen molar-refractivity contribution in [2.24, 2.45) is 30.8 Å². The molecular weight excluding hydrogens is 1410 g/mol. The molecule has 0 bridgehead atoms. The molecule has 0 spiro atoms. The molecule has 484 valence electrons. The maximum atomic E-state index is 12.7. The van der Waals surface area contributed by atoms with Crippen LogP contribution in [0.25, 0.3) is 9.30 Å². The van der Waals surface area contributed by atoms with Gasteiger partial charge < -0.3 is 39.2 Å². The van der Waals surface area contributed by atoms with Crippen LogP contribution in [0.15, 0.2) is 68.5 Å². The molecule has 2 fully saturated rings. The van der Waals surface area contributed by atoms with Crippen LogP contribution >= 0.6 is 0 Å². The van der Waals surface area contributed by atoms with Crippen LogP contribution in [0.4, 0.5) is 0 Å². The van der Waals surface area contributed by atoms with Gasteiger partial charge in [0.2, 0.25) is 0 Å². The number of nitrogens with zero attached hydrogens (tertiary/aromatic N) is 6. The predicted molar refractivity (Wildman–Crippen MR) is 376 cm³/mol. The Balaban J connectivity index is 0. The van der Waals surface area contributed by atoms with Crippen molar-refractivity contribution in [1.82, 2.24) is 0 Å². The number of hydrogen-bond donors (Lipinski definition) is 0. The van der Waals surface area contributed by atoms with Crippen LogP contribution in [0.1, 0.15) is 142 Å². The minimum Gasteiger partial charge on any atom is -0.858 e. The van der Waals surface area contributed by atoms with E-state index in [1.807, 2.05) is 159 Å². The van der Waals surface area contributed by atoms with Crippen molar-refractivity contribution in [3.8, 4) is 0 Å². The summed E-state index contributed by atoms with van der Waals surface area (Å²) in [5.41, 5.74) is 14.0. The van der Waals surface area contributed by atoms with Gasteiger partial charge >= 0.3 is 71.2 Å². The van der Waals surface area contributed by atoms with Gasteiger partial charge in [-0.2, -0.15) is 0 Å². The van der Waals surface area contributed by atoms with E-state index >= 15 is 0 Å². The second kappa shape index (κ2) is 40.2. The molecule has 0 unspecified atom stereocenters. The summed E-state index contributed by atoms with van der Waals surface area (Å²) in [4.78, 5) is 17.2. The zero-order valence-electron chi connectivity index (χ0n) is 60.4. The van der Waals surface area contributed by atoms with Gasteiger partial charge in [-0.3, -0.25) is 20.0 Å². The number of hydrogen-bond acceptors (Lipinski definition) is 10. The van der Waals surface area contributed by atoms with Gasteiger partial charge in [0, 0.05) is 63.4 Å². The predicted octanol–water partition coefficient (Wildman–Crippen LogP) is 14.6. The quantitative estimate of drug-likeness (QED) is 0.0609. The molecule has 0 aromatic heterocycles. The van der Waals surface area contributed by atoms with Gasteiger partial charge in [0.05, 0.1) is 0 Å². The molecule has 2 heterocycles. The van der Waals surface area contributed by atoms with Gasteiger partial charge in [0.25, 0.3) is 0 Å². The fourth-order valence-corrected chi connectivity index (χ4v) is 26.8. The summed E-state index contributed by atoms with van der Waals surface area (Å²) in [6, 6.07) is 16.0. The van der Waals surface area contributed by atoms with E-state index in [4.69, 9.17) is 18.8 Å². The third-order valence-electron chi connectivity index (χ3n) is 13.2. The van der Waals surface area contributed by atoms with Crippen molar-refractivity contribution < 1.29 is 101 Å². The van der Waals surface area contributed by atoms with Crippen LogP contribution in [0.5, 0.6) is 0 Å². The summed E-state index contributed by atoms with van der Waals surface area (Å²) in [6.45, 7) is 64.3. The molecule has 12 nitrogen and oxygen atoms in total. The molecule has 2 aliphatic heterocycles. The summed E-state index contributed by atoms with van der Waals surface area (Å²) < 4.78 is 19.5. The SMILES string of the molecule is C1CCOC1.C1CCOC1.C[Si](C)(C)[N-][Si](C)(C)C.C[Si](C)(C)[N-][Si](C)(C)C.Cc1cc(C)c(C([O-])=NCC(C)(C)CN=C([O-])c2c(C)cc(C)cc2C)c(C)c1.Cc1cc(C)c(C([O-])=NCC(C)(C)CN=C([O-])c2c(C)cc(C)cc2C)c(C)c1.[La+3].[La+3]. The van der Waals surface area contributed by atoms with Gasteiger partial charge in [-0.1, -0.05) is 210 Å². The maximum absolute atomic E-state index is 12.7. The van der Waals surface area contributed by atoms with Crippen LogP contribution in [-0.4, -0.2) is 109 Å².